The van der Waals surface area contributed by atoms with E-state index < -0.39 is 0 Å². The number of benzene rings is 2. The number of hydrogen-bond acceptors (Lipinski definition) is 3. The zero-order valence-corrected chi connectivity index (χ0v) is 17.5. The molecular weight excluding hydrogens is 402 g/mol. The molecule has 0 spiro atoms. The first-order valence-electron chi connectivity index (χ1n) is 9.38. The topological polar surface area (TPSA) is 71.4 Å². The quantitative estimate of drug-likeness (QED) is 0.660. The minimum atomic E-state index is -0.333. The maximum atomic E-state index is 12.6. The lowest BCUT2D eigenvalue weighted by molar-refractivity contribution is -0.127. The molecule has 0 aliphatic rings. The third-order valence-corrected chi connectivity index (χ3v) is 4.98. The average Bonchev–Trinajstić information content (AvgIpc) is 2.72. The van der Waals surface area contributed by atoms with Crippen LogP contribution in [-0.4, -0.2) is 35.4 Å². The lowest BCUT2D eigenvalue weighted by Gasteiger charge is -2.11. The fourth-order valence-electron chi connectivity index (χ4n) is 2.84. The molecule has 30 heavy (non-hydrogen) atoms. The van der Waals surface area contributed by atoms with E-state index in [1.807, 2.05) is 18.2 Å². The Bertz CT molecular complexity index is 1120. The second-order valence-corrected chi connectivity index (χ2v) is 7.50. The van der Waals surface area contributed by atoms with Gasteiger partial charge < -0.3 is 14.8 Å². The molecule has 0 radical (unpaired) electrons. The molecule has 7 heteroatoms. The van der Waals surface area contributed by atoms with Crippen LogP contribution in [0.1, 0.15) is 21.5 Å². The third-order valence-electron chi connectivity index (χ3n) is 4.61. The predicted octanol–water partition coefficient (Wildman–Crippen LogP) is 3.43. The normalized spacial score (nSPS) is 10.5. The number of halogens is 1. The van der Waals surface area contributed by atoms with Crippen molar-refractivity contribution in [3.63, 3.8) is 0 Å². The van der Waals surface area contributed by atoms with Crippen molar-refractivity contribution in [1.82, 2.24) is 9.47 Å². The monoisotopic (exact) mass is 423 g/mol. The number of carbonyl (C=O) groups excluding carboxylic acids is 2. The van der Waals surface area contributed by atoms with Gasteiger partial charge >= 0.3 is 0 Å². The number of pyridine rings is 1. The Morgan fingerprint density at radius 2 is 1.70 bits per heavy atom. The molecule has 0 aliphatic heterocycles. The molecule has 0 fully saturated rings. The van der Waals surface area contributed by atoms with Crippen LogP contribution in [0.4, 0.5) is 5.69 Å². The van der Waals surface area contributed by atoms with Gasteiger partial charge in [-0.1, -0.05) is 41.9 Å². The molecule has 0 aliphatic carbocycles. The van der Waals surface area contributed by atoms with E-state index in [1.54, 1.807) is 44.4 Å². The van der Waals surface area contributed by atoms with Crippen LogP contribution in [-0.2, 0) is 17.8 Å². The summed E-state index contributed by atoms with van der Waals surface area (Å²) in [5, 5.41) is 3.37. The zero-order valence-electron chi connectivity index (χ0n) is 16.8. The molecule has 1 aromatic heterocycles. The summed E-state index contributed by atoms with van der Waals surface area (Å²) in [6, 6.07) is 17.2. The lowest BCUT2D eigenvalue weighted by Crippen LogP contribution is -2.23. The molecule has 1 heterocycles. The van der Waals surface area contributed by atoms with Gasteiger partial charge in [-0.15, -0.1) is 0 Å². The smallest absolute Gasteiger partial charge is 0.257 e. The Kier molecular flexibility index (Phi) is 6.69. The van der Waals surface area contributed by atoms with Crippen LogP contribution in [0.25, 0.3) is 0 Å². The Labute approximate surface area is 179 Å². The summed E-state index contributed by atoms with van der Waals surface area (Å²) in [5.41, 5.74) is 2.39. The molecule has 1 N–H and O–H groups in total. The minimum Gasteiger partial charge on any atom is -0.349 e. The highest BCUT2D eigenvalue weighted by Gasteiger charge is 2.10. The molecular formula is C23H22ClN3O3. The molecule has 3 rings (SSSR count). The van der Waals surface area contributed by atoms with Crippen LogP contribution < -0.4 is 10.9 Å². The summed E-state index contributed by atoms with van der Waals surface area (Å²) in [6.07, 6.45) is 1.82. The van der Waals surface area contributed by atoms with E-state index in [2.05, 4.69) is 5.32 Å². The molecule has 2 aromatic carbocycles. The number of rotatable bonds is 6. The van der Waals surface area contributed by atoms with Gasteiger partial charge in [0.15, 0.2) is 0 Å². The van der Waals surface area contributed by atoms with Crippen LogP contribution in [0, 0.1) is 0 Å². The summed E-state index contributed by atoms with van der Waals surface area (Å²) in [4.78, 5) is 38.2. The Morgan fingerprint density at radius 3 is 2.37 bits per heavy atom. The van der Waals surface area contributed by atoms with Crippen molar-refractivity contribution in [3.05, 3.63) is 98.9 Å². The largest absolute Gasteiger partial charge is 0.349 e. The predicted molar refractivity (Wildman–Crippen MR) is 118 cm³/mol. The number of nitrogens with one attached hydrogen (secondary N) is 1. The highest BCUT2D eigenvalue weighted by atomic mass is 35.5. The molecule has 0 bridgehead atoms. The van der Waals surface area contributed by atoms with Crippen LogP contribution in [0.15, 0.2) is 71.7 Å². The van der Waals surface area contributed by atoms with Gasteiger partial charge in [-0.05, 0) is 35.4 Å². The van der Waals surface area contributed by atoms with E-state index in [0.717, 1.165) is 11.1 Å². The van der Waals surface area contributed by atoms with E-state index in [-0.39, 0.29) is 23.9 Å². The molecule has 0 saturated carbocycles. The van der Waals surface area contributed by atoms with Gasteiger partial charge in [0, 0.05) is 37.1 Å². The van der Waals surface area contributed by atoms with Crippen LogP contribution in [0.5, 0.6) is 0 Å². The molecule has 154 valence electrons. The van der Waals surface area contributed by atoms with Gasteiger partial charge in [0.1, 0.15) is 0 Å². The van der Waals surface area contributed by atoms with Gasteiger partial charge in [-0.25, -0.2) is 0 Å². The third kappa shape index (κ3) is 5.36. The summed E-state index contributed by atoms with van der Waals surface area (Å²) in [5.74, 6) is -0.326. The minimum absolute atomic E-state index is 0.00700. The molecule has 0 atom stereocenters. The number of likely N-dealkylation sites (N-methyl/N-ethyl adjacent to an activating group) is 1. The Hall–Kier alpha value is -3.38. The van der Waals surface area contributed by atoms with E-state index in [9.17, 15) is 14.4 Å². The van der Waals surface area contributed by atoms with Crippen molar-refractivity contribution in [2.75, 3.05) is 19.4 Å². The number of aromatic nitrogens is 1. The fraction of sp³-hybridized carbons (Fsp3) is 0.174. The summed E-state index contributed by atoms with van der Waals surface area (Å²) >= 11 is 6.18. The maximum Gasteiger partial charge on any atom is 0.257 e. The number of carbonyl (C=O) groups is 2. The van der Waals surface area contributed by atoms with Gasteiger partial charge in [0.05, 0.1) is 18.5 Å². The SMILES string of the molecule is CN(C)C(=O)Cc1ccc(NC(=O)c2ccc(=O)n(Cc3ccccc3Cl)c2)cc1. The number of nitrogens with zero attached hydrogens (tertiary/aromatic N) is 2. The first-order valence-corrected chi connectivity index (χ1v) is 9.75. The summed E-state index contributed by atoms with van der Waals surface area (Å²) < 4.78 is 1.45. The van der Waals surface area contributed by atoms with E-state index in [0.29, 0.717) is 22.7 Å². The highest BCUT2D eigenvalue weighted by Crippen LogP contribution is 2.16. The summed E-state index contributed by atoms with van der Waals surface area (Å²) in [6.45, 7) is 0.272. The number of anilines is 1. The van der Waals surface area contributed by atoms with Crippen molar-refractivity contribution < 1.29 is 9.59 Å². The first-order chi connectivity index (χ1) is 14.3. The molecule has 6 nitrogen and oxygen atoms in total. The van der Waals surface area contributed by atoms with E-state index in [1.165, 1.54) is 27.8 Å². The van der Waals surface area contributed by atoms with Gasteiger partial charge in [-0.3, -0.25) is 14.4 Å². The van der Waals surface area contributed by atoms with Crippen LogP contribution in [0.3, 0.4) is 0 Å². The Morgan fingerprint density at radius 1 is 1.00 bits per heavy atom. The Balaban J connectivity index is 1.72. The molecule has 0 saturated heterocycles. The van der Waals surface area contributed by atoms with E-state index in [4.69, 9.17) is 11.6 Å². The van der Waals surface area contributed by atoms with Crippen LogP contribution >= 0.6 is 11.6 Å². The summed E-state index contributed by atoms with van der Waals surface area (Å²) in [7, 11) is 3.42. The van der Waals surface area contributed by atoms with Crippen molar-refractivity contribution in [3.8, 4) is 0 Å². The first kappa shape index (κ1) is 21.3. The van der Waals surface area contributed by atoms with Gasteiger partial charge in [-0.2, -0.15) is 0 Å². The number of amides is 2. The van der Waals surface area contributed by atoms with Gasteiger partial charge in [0.2, 0.25) is 5.91 Å². The lowest BCUT2D eigenvalue weighted by atomic mass is 10.1. The van der Waals surface area contributed by atoms with Crippen molar-refractivity contribution in [1.29, 1.82) is 0 Å². The van der Waals surface area contributed by atoms with Crippen LogP contribution in [0.2, 0.25) is 5.02 Å². The van der Waals surface area contributed by atoms with E-state index >= 15 is 0 Å². The van der Waals surface area contributed by atoms with Crippen molar-refractivity contribution in [2.45, 2.75) is 13.0 Å². The van der Waals surface area contributed by atoms with Crippen molar-refractivity contribution >= 4 is 29.1 Å². The number of hydrogen-bond donors (Lipinski definition) is 1. The second-order valence-electron chi connectivity index (χ2n) is 7.09. The molecule has 0 unspecified atom stereocenters. The average molecular weight is 424 g/mol. The standard InChI is InChI=1S/C23H22ClN3O3/c1-26(2)22(29)13-16-7-10-19(11-8-16)25-23(30)18-9-12-21(28)27(15-18)14-17-5-3-4-6-20(17)24/h3-12,15H,13-14H2,1-2H3,(H,25,30). The second kappa shape index (κ2) is 9.41. The zero-order chi connectivity index (χ0) is 21.7. The van der Waals surface area contributed by atoms with Crippen molar-refractivity contribution in [2.24, 2.45) is 0 Å². The fourth-order valence-corrected chi connectivity index (χ4v) is 3.04. The van der Waals surface area contributed by atoms with Gasteiger partial charge in [0.25, 0.3) is 11.5 Å². The highest BCUT2D eigenvalue weighted by molar-refractivity contribution is 6.31. The molecule has 2 amide bonds. The molecule has 3 aromatic rings. The maximum absolute atomic E-state index is 12.6.